The van der Waals surface area contributed by atoms with E-state index in [1.165, 1.54) is 11.3 Å². The van der Waals surface area contributed by atoms with Crippen LogP contribution in [0.5, 0.6) is 0 Å². The molecule has 1 saturated carbocycles. The number of rotatable bonds is 6. The molecular formula is C27H24N8OS. The summed E-state index contributed by atoms with van der Waals surface area (Å²) in [5.41, 5.74) is 6.63. The van der Waals surface area contributed by atoms with Crippen molar-refractivity contribution in [3.63, 3.8) is 0 Å². The van der Waals surface area contributed by atoms with Crippen molar-refractivity contribution < 1.29 is 5.11 Å². The Bertz CT molecular complexity index is 1750. The van der Waals surface area contributed by atoms with Gasteiger partial charge in [-0.3, -0.25) is 20.1 Å². The highest BCUT2D eigenvalue weighted by Gasteiger charge is 2.25. The van der Waals surface area contributed by atoms with Gasteiger partial charge in [0.05, 0.1) is 41.0 Å². The number of H-pyrrole nitrogens is 2. The molecule has 10 heteroatoms. The lowest BCUT2D eigenvalue weighted by molar-refractivity contribution is 0.0851. The highest BCUT2D eigenvalue weighted by Crippen LogP contribution is 2.35. The summed E-state index contributed by atoms with van der Waals surface area (Å²) < 4.78 is 0. The molecule has 1 unspecified atom stereocenters. The van der Waals surface area contributed by atoms with Gasteiger partial charge in [-0.15, -0.1) is 11.3 Å². The maximum absolute atomic E-state index is 10.4. The number of anilines is 1. The van der Waals surface area contributed by atoms with Crippen molar-refractivity contribution in [2.24, 2.45) is 5.92 Å². The number of aliphatic hydroxyl groups is 1. The van der Waals surface area contributed by atoms with E-state index in [1.807, 2.05) is 18.3 Å². The fraction of sp³-hybridized carbons (Fsp3) is 0.222. The summed E-state index contributed by atoms with van der Waals surface area (Å²) >= 11 is 1.72. The smallest absolute Gasteiger partial charge is 0.159 e. The van der Waals surface area contributed by atoms with Gasteiger partial charge in [0.1, 0.15) is 17.4 Å². The Kier molecular flexibility index (Phi) is 5.22. The average Bonchev–Trinajstić information content (AvgIpc) is 3.60. The van der Waals surface area contributed by atoms with Crippen LogP contribution in [0.15, 0.2) is 55.2 Å². The number of nitrogens with one attached hydrogen (secondary N) is 3. The van der Waals surface area contributed by atoms with E-state index >= 15 is 0 Å². The Morgan fingerprint density at radius 3 is 2.76 bits per heavy atom. The van der Waals surface area contributed by atoms with Crippen LogP contribution in [0.4, 0.5) is 5.69 Å². The molecule has 1 aliphatic carbocycles. The zero-order valence-electron chi connectivity index (χ0n) is 20.1. The minimum atomic E-state index is -0.563. The number of fused-ring (bicyclic) bond motifs is 2. The van der Waals surface area contributed by atoms with Gasteiger partial charge >= 0.3 is 0 Å². The molecule has 37 heavy (non-hydrogen) atoms. The first-order chi connectivity index (χ1) is 18.1. The van der Waals surface area contributed by atoms with E-state index in [0.717, 1.165) is 62.2 Å². The number of nitrogens with zero attached hydrogens (tertiary/aromatic N) is 5. The predicted octanol–water partition coefficient (Wildman–Crippen LogP) is 5.53. The molecule has 1 atom stereocenters. The number of aryl methyl sites for hydroxylation is 1. The molecule has 6 aromatic heterocycles. The van der Waals surface area contributed by atoms with Gasteiger partial charge in [-0.1, -0.05) is 6.42 Å². The maximum Gasteiger partial charge on any atom is 0.159 e. The van der Waals surface area contributed by atoms with Crippen LogP contribution in [-0.2, 0) is 0 Å². The molecule has 1 fully saturated rings. The van der Waals surface area contributed by atoms with Gasteiger partial charge < -0.3 is 15.4 Å². The van der Waals surface area contributed by atoms with E-state index in [9.17, 15) is 5.11 Å². The molecule has 0 radical (unpaired) electrons. The largest absolute Gasteiger partial charge is 0.374 e. The van der Waals surface area contributed by atoms with E-state index in [-0.39, 0.29) is 0 Å². The van der Waals surface area contributed by atoms with Gasteiger partial charge in [-0.2, -0.15) is 5.10 Å². The Hall–Kier alpha value is -4.15. The van der Waals surface area contributed by atoms with Crippen molar-refractivity contribution in [2.75, 3.05) is 5.32 Å². The molecule has 7 rings (SSSR count). The number of aromatic nitrogens is 7. The third-order valence-electron chi connectivity index (χ3n) is 7.02. The van der Waals surface area contributed by atoms with Crippen LogP contribution in [0.25, 0.3) is 55.2 Å². The minimum Gasteiger partial charge on any atom is -0.374 e. The zero-order valence-corrected chi connectivity index (χ0v) is 20.9. The molecule has 0 bridgehead atoms. The number of pyridine rings is 3. The summed E-state index contributed by atoms with van der Waals surface area (Å²) in [4.78, 5) is 24.1. The third-order valence-corrected chi connectivity index (χ3v) is 8.05. The normalized spacial score (nSPS) is 14.8. The number of imidazole rings is 1. The first-order valence-electron chi connectivity index (χ1n) is 12.3. The van der Waals surface area contributed by atoms with Gasteiger partial charge in [-0.05, 0) is 44.0 Å². The molecule has 184 valence electrons. The maximum atomic E-state index is 10.4. The second kappa shape index (κ2) is 8.75. The molecule has 4 N–H and O–H groups in total. The van der Waals surface area contributed by atoms with Crippen LogP contribution in [0.3, 0.4) is 0 Å². The molecule has 0 aromatic carbocycles. The molecule has 9 nitrogen and oxygen atoms in total. The predicted molar refractivity (Wildman–Crippen MR) is 145 cm³/mol. The molecule has 0 amide bonds. The quantitative estimate of drug-likeness (QED) is 0.218. The standard InChI is InChI=1S/C27H24N8OS/c1-14-5-6-23(37-14)19-11-29-12-22-24(19)33-26(32-22)25-18-8-20(30-13-21(18)34-35-25)16-7-17(10-28-9-16)31-27(36)15-3-2-4-15/h5-13,15,27,31,36H,2-4H2,1H3,(H,32,33)(H,34,35). The molecular weight excluding hydrogens is 484 g/mol. The van der Waals surface area contributed by atoms with Crippen LogP contribution in [0, 0.1) is 12.8 Å². The monoisotopic (exact) mass is 508 g/mol. The number of aliphatic hydroxyl groups excluding tert-OH is 1. The van der Waals surface area contributed by atoms with E-state index in [4.69, 9.17) is 4.98 Å². The lowest BCUT2D eigenvalue weighted by atomic mass is 9.84. The van der Waals surface area contributed by atoms with Crippen molar-refractivity contribution >= 4 is 39.0 Å². The minimum absolute atomic E-state index is 0.301. The first-order valence-corrected chi connectivity index (χ1v) is 13.1. The van der Waals surface area contributed by atoms with Gasteiger partial charge in [0.15, 0.2) is 5.82 Å². The second-order valence-electron chi connectivity index (χ2n) is 9.51. The van der Waals surface area contributed by atoms with Gasteiger partial charge in [0, 0.05) is 44.6 Å². The van der Waals surface area contributed by atoms with Crippen LogP contribution in [0.1, 0.15) is 24.1 Å². The molecule has 6 heterocycles. The highest BCUT2D eigenvalue weighted by atomic mass is 32.1. The first kappa shape index (κ1) is 22.1. The summed E-state index contributed by atoms with van der Waals surface area (Å²) in [6.07, 6.45) is 11.6. The molecule has 6 aromatic rings. The van der Waals surface area contributed by atoms with Crippen molar-refractivity contribution in [2.45, 2.75) is 32.4 Å². The number of hydrogen-bond acceptors (Lipinski definition) is 8. The van der Waals surface area contributed by atoms with Crippen LogP contribution < -0.4 is 5.32 Å². The van der Waals surface area contributed by atoms with Crippen molar-refractivity contribution in [1.82, 2.24) is 35.1 Å². The van der Waals surface area contributed by atoms with Crippen LogP contribution >= 0.6 is 11.3 Å². The molecule has 1 aliphatic rings. The fourth-order valence-corrected chi connectivity index (χ4v) is 5.64. The molecule has 0 aliphatic heterocycles. The SMILES string of the molecule is Cc1ccc(-c2cncc3[nH]c(-c4n[nH]c5cnc(-c6cncc(NC(O)C7CCC7)c6)cc45)nc23)s1. The summed E-state index contributed by atoms with van der Waals surface area (Å²) in [6, 6.07) is 8.17. The van der Waals surface area contributed by atoms with Crippen molar-refractivity contribution in [3.05, 3.63) is 60.1 Å². The van der Waals surface area contributed by atoms with Gasteiger partial charge in [-0.25, -0.2) is 4.98 Å². The van der Waals surface area contributed by atoms with Crippen LogP contribution in [-0.4, -0.2) is 46.5 Å². The van der Waals surface area contributed by atoms with Gasteiger partial charge in [0.25, 0.3) is 0 Å². The lowest BCUT2D eigenvalue weighted by Crippen LogP contribution is -2.33. The summed E-state index contributed by atoms with van der Waals surface area (Å²) in [5.74, 6) is 0.966. The third kappa shape index (κ3) is 3.94. The van der Waals surface area contributed by atoms with Gasteiger partial charge in [0.2, 0.25) is 0 Å². The summed E-state index contributed by atoms with van der Waals surface area (Å²) in [7, 11) is 0. The fourth-order valence-electron chi connectivity index (χ4n) is 4.76. The average molecular weight is 509 g/mol. The Morgan fingerprint density at radius 2 is 1.95 bits per heavy atom. The number of aromatic amines is 2. The van der Waals surface area contributed by atoms with E-state index in [1.54, 1.807) is 36.1 Å². The molecule has 0 spiro atoms. The van der Waals surface area contributed by atoms with Crippen LogP contribution in [0.2, 0.25) is 0 Å². The molecule has 0 saturated heterocycles. The Balaban J connectivity index is 1.26. The number of thiophene rings is 1. The van der Waals surface area contributed by atoms with Crippen molar-refractivity contribution in [3.8, 4) is 33.2 Å². The lowest BCUT2D eigenvalue weighted by Gasteiger charge is -2.31. The topological polar surface area (TPSA) is 128 Å². The highest BCUT2D eigenvalue weighted by molar-refractivity contribution is 7.15. The second-order valence-corrected chi connectivity index (χ2v) is 10.8. The summed E-state index contributed by atoms with van der Waals surface area (Å²) in [5, 5.41) is 22.2. The Morgan fingerprint density at radius 1 is 1.05 bits per heavy atom. The van der Waals surface area contributed by atoms with E-state index < -0.39 is 6.23 Å². The Labute approximate surface area is 216 Å². The van der Waals surface area contributed by atoms with E-state index in [2.05, 4.69) is 54.5 Å². The zero-order chi connectivity index (χ0) is 24.9. The van der Waals surface area contributed by atoms with Crippen molar-refractivity contribution in [1.29, 1.82) is 0 Å². The summed E-state index contributed by atoms with van der Waals surface area (Å²) in [6.45, 7) is 2.09. The number of hydrogen-bond donors (Lipinski definition) is 4. The van der Waals surface area contributed by atoms with E-state index in [0.29, 0.717) is 17.4 Å².